The minimum atomic E-state index is -0.275. The zero-order chi connectivity index (χ0) is 21.5. The molecular formula is C22H20ClN5O3. The number of benzene rings is 2. The quantitative estimate of drug-likeness (QED) is 0.625. The molecule has 0 saturated carbocycles. The van der Waals surface area contributed by atoms with Crippen LogP contribution in [0, 0.1) is 0 Å². The van der Waals surface area contributed by atoms with Crippen molar-refractivity contribution < 1.29 is 14.3 Å². The van der Waals surface area contributed by atoms with E-state index < -0.39 is 0 Å². The van der Waals surface area contributed by atoms with Gasteiger partial charge in [0.2, 0.25) is 17.8 Å². The largest absolute Gasteiger partial charge is 0.497 e. The molecule has 1 N–H and O–H groups in total. The lowest BCUT2D eigenvalue weighted by molar-refractivity contribution is -0.121. The summed E-state index contributed by atoms with van der Waals surface area (Å²) in [5.74, 6) is 0.856. The van der Waals surface area contributed by atoms with E-state index in [0.717, 1.165) is 21.8 Å². The molecule has 2 atom stereocenters. The zero-order valence-electron chi connectivity index (χ0n) is 16.8. The Labute approximate surface area is 183 Å². The Bertz CT molecular complexity index is 1130. The first-order valence-corrected chi connectivity index (χ1v) is 10.4. The molecular weight excluding hydrogens is 418 g/mol. The van der Waals surface area contributed by atoms with E-state index in [1.165, 1.54) is 0 Å². The number of hydrogen-bond donors (Lipinski definition) is 1. The van der Waals surface area contributed by atoms with E-state index in [0.29, 0.717) is 17.4 Å². The normalized spacial score (nSPS) is 20.5. The van der Waals surface area contributed by atoms with Crippen LogP contribution in [0.1, 0.15) is 42.5 Å². The average Bonchev–Trinajstić information content (AvgIpc) is 3.35. The van der Waals surface area contributed by atoms with Crippen molar-refractivity contribution >= 4 is 35.3 Å². The summed E-state index contributed by atoms with van der Waals surface area (Å²) in [6.45, 7) is 0. The van der Waals surface area contributed by atoms with E-state index in [-0.39, 0.29) is 42.7 Å². The van der Waals surface area contributed by atoms with Gasteiger partial charge in [0.1, 0.15) is 5.75 Å². The first-order chi connectivity index (χ1) is 15.0. The van der Waals surface area contributed by atoms with Crippen LogP contribution in [-0.2, 0) is 9.59 Å². The van der Waals surface area contributed by atoms with Crippen LogP contribution < -0.4 is 15.0 Å². The number of halogens is 1. The van der Waals surface area contributed by atoms with Gasteiger partial charge in [0.05, 0.1) is 19.2 Å². The topological polar surface area (TPSA) is 89.4 Å². The summed E-state index contributed by atoms with van der Waals surface area (Å²) in [4.78, 5) is 30.0. The van der Waals surface area contributed by atoms with Gasteiger partial charge in [-0.2, -0.15) is 4.98 Å². The number of anilines is 2. The smallest absolute Gasteiger partial charge is 0.260 e. The monoisotopic (exact) mass is 437 g/mol. The van der Waals surface area contributed by atoms with Gasteiger partial charge in [-0.3, -0.25) is 9.59 Å². The summed E-state index contributed by atoms with van der Waals surface area (Å²) in [5.41, 5.74) is 2.09. The van der Waals surface area contributed by atoms with Crippen molar-refractivity contribution in [1.82, 2.24) is 14.8 Å². The molecule has 1 fully saturated rings. The van der Waals surface area contributed by atoms with Gasteiger partial charge in [-0.25, -0.2) is 9.58 Å². The highest BCUT2D eigenvalue weighted by Gasteiger charge is 2.37. The lowest BCUT2D eigenvalue weighted by Gasteiger charge is -2.31. The Morgan fingerprint density at radius 3 is 2.29 bits per heavy atom. The van der Waals surface area contributed by atoms with Gasteiger partial charge in [0, 0.05) is 17.9 Å². The minimum Gasteiger partial charge on any atom is -0.497 e. The zero-order valence-corrected chi connectivity index (χ0v) is 17.5. The third-order valence-electron chi connectivity index (χ3n) is 5.70. The number of nitrogens with zero attached hydrogens (tertiary/aromatic N) is 4. The summed E-state index contributed by atoms with van der Waals surface area (Å²) >= 11 is 6.09. The number of amides is 2. The summed E-state index contributed by atoms with van der Waals surface area (Å²) in [6, 6.07) is 15.3. The van der Waals surface area contributed by atoms with Gasteiger partial charge in [-0.05, 0) is 41.8 Å². The molecule has 0 radical (unpaired) electrons. The van der Waals surface area contributed by atoms with Crippen LogP contribution in [0.25, 0.3) is 0 Å². The molecule has 9 heteroatoms. The third-order valence-corrected chi connectivity index (χ3v) is 5.95. The van der Waals surface area contributed by atoms with Gasteiger partial charge in [-0.15, -0.1) is 5.10 Å². The SMILES string of the molecule is COc1ccc([C@H]2C[C@H](c3ccc(Cl)cc3)n3nc(N4C(=O)CCC4=O)nc3N2)cc1. The number of fused-ring (bicyclic) bond motifs is 1. The Kier molecular flexibility index (Phi) is 4.86. The predicted octanol–water partition coefficient (Wildman–Crippen LogP) is 3.74. The van der Waals surface area contributed by atoms with Crippen LogP contribution >= 0.6 is 11.6 Å². The van der Waals surface area contributed by atoms with E-state index in [1.54, 1.807) is 11.8 Å². The third kappa shape index (κ3) is 3.53. The van der Waals surface area contributed by atoms with Crippen LogP contribution in [0.3, 0.4) is 0 Å². The van der Waals surface area contributed by atoms with Crippen molar-refractivity contribution in [2.75, 3.05) is 17.3 Å². The number of rotatable bonds is 4. The predicted molar refractivity (Wildman–Crippen MR) is 115 cm³/mol. The standard InChI is InChI=1S/C22H20ClN5O3/c1-31-16-8-4-13(5-9-16)17-12-18(14-2-6-15(23)7-3-14)28-21(24-17)25-22(26-28)27-19(29)10-11-20(27)30/h2-9,17-18H,10-12H2,1H3,(H,24,25,26)/t17-,18-/m1/s1. The molecule has 2 aliphatic heterocycles. The number of carbonyl (C=O) groups is 2. The molecule has 2 aliphatic rings. The highest BCUT2D eigenvalue weighted by molar-refractivity contribution is 6.30. The Morgan fingerprint density at radius 1 is 1.00 bits per heavy atom. The second-order valence-electron chi connectivity index (χ2n) is 7.58. The van der Waals surface area contributed by atoms with Crippen molar-refractivity contribution in [1.29, 1.82) is 0 Å². The fourth-order valence-corrected chi connectivity index (χ4v) is 4.20. The number of nitrogens with one attached hydrogen (secondary N) is 1. The van der Waals surface area contributed by atoms with Crippen molar-refractivity contribution in [2.24, 2.45) is 0 Å². The van der Waals surface area contributed by atoms with Crippen molar-refractivity contribution in [3.63, 3.8) is 0 Å². The highest BCUT2D eigenvalue weighted by atomic mass is 35.5. The molecule has 0 aliphatic carbocycles. The van der Waals surface area contributed by atoms with E-state index >= 15 is 0 Å². The molecule has 1 aromatic heterocycles. The first kappa shape index (κ1) is 19.6. The van der Waals surface area contributed by atoms with Crippen molar-refractivity contribution in [2.45, 2.75) is 31.3 Å². The van der Waals surface area contributed by atoms with Crippen molar-refractivity contribution in [3.05, 3.63) is 64.7 Å². The molecule has 2 amide bonds. The fourth-order valence-electron chi connectivity index (χ4n) is 4.08. The van der Waals surface area contributed by atoms with Gasteiger partial charge in [0.25, 0.3) is 5.95 Å². The number of imide groups is 1. The van der Waals surface area contributed by atoms with E-state index in [1.807, 2.05) is 48.5 Å². The minimum absolute atomic E-state index is 0.0406. The van der Waals surface area contributed by atoms with Gasteiger partial charge in [-0.1, -0.05) is 35.9 Å². The summed E-state index contributed by atoms with van der Waals surface area (Å²) in [7, 11) is 1.63. The van der Waals surface area contributed by atoms with Crippen molar-refractivity contribution in [3.8, 4) is 5.75 Å². The molecule has 3 heterocycles. The van der Waals surface area contributed by atoms with Gasteiger partial charge < -0.3 is 10.1 Å². The summed E-state index contributed by atoms with van der Waals surface area (Å²) < 4.78 is 7.01. The Hall–Kier alpha value is -3.39. The van der Waals surface area contributed by atoms with E-state index in [2.05, 4.69) is 15.4 Å². The maximum Gasteiger partial charge on any atom is 0.260 e. The molecule has 5 rings (SSSR count). The highest BCUT2D eigenvalue weighted by Crippen LogP contribution is 2.39. The molecule has 3 aromatic rings. The lowest BCUT2D eigenvalue weighted by Crippen LogP contribution is -2.30. The van der Waals surface area contributed by atoms with Gasteiger partial charge in [0.15, 0.2) is 0 Å². The molecule has 0 spiro atoms. The molecule has 158 valence electrons. The van der Waals surface area contributed by atoms with E-state index in [9.17, 15) is 9.59 Å². The molecule has 2 aromatic carbocycles. The number of carbonyl (C=O) groups excluding carboxylic acids is 2. The maximum atomic E-state index is 12.2. The molecule has 8 nitrogen and oxygen atoms in total. The number of ether oxygens (including phenoxy) is 1. The Balaban J connectivity index is 1.55. The summed E-state index contributed by atoms with van der Waals surface area (Å²) in [6.07, 6.45) is 1.07. The molecule has 0 unspecified atom stereocenters. The fraction of sp³-hybridized carbons (Fsp3) is 0.273. The maximum absolute atomic E-state index is 12.2. The van der Waals surface area contributed by atoms with Gasteiger partial charge >= 0.3 is 0 Å². The van der Waals surface area contributed by atoms with Crippen LogP contribution in [-0.4, -0.2) is 33.7 Å². The van der Waals surface area contributed by atoms with Crippen LogP contribution in [0.5, 0.6) is 5.75 Å². The van der Waals surface area contributed by atoms with Crippen LogP contribution in [0.15, 0.2) is 48.5 Å². The molecule has 31 heavy (non-hydrogen) atoms. The van der Waals surface area contributed by atoms with Crippen LogP contribution in [0.2, 0.25) is 5.02 Å². The number of hydrogen-bond acceptors (Lipinski definition) is 6. The lowest BCUT2D eigenvalue weighted by atomic mass is 9.93. The average molecular weight is 438 g/mol. The van der Waals surface area contributed by atoms with Crippen LogP contribution in [0.4, 0.5) is 11.9 Å². The first-order valence-electron chi connectivity index (χ1n) is 10.0. The molecule has 0 bridgehead atoms. The summed E-state index contributed by atoms with van der Waals surface area (Å²) in [5, 5.41) is 8.60. The number of methoxy groups -OCH3 is 1. The second-order valence-corrected chi connectivity index (χ2v) is 8.01. The Morgan fingerprint density at radius 2 is 1.65 bits per heavy atom. The second kappa shape index (κ2) is 7.70. The number of aromatic nitrogens is 3. The van der Waals surface area contributed by atoms with E-state index in [4.69, 9.17) is 16.3 Å². The molecule has 1 saturated heterocycles.